The number of amides is 1. The highest BCUT2D eigenvalue weighted by Crippen LogP contribution is 2.29. The normalized spacial score (nSPS) is 22.2. The number of hydrogen-bond donors (Lipinski definition) is 0. The van der Waals surface area contributed by atoms with Gasteiger partial charge < -0.3 is 9.64 Å². The summed E-state index contributed by atoms with van der Waals surface area (Å²) in [4.78, 5) is 14.5. The largest absolute Gasteiger partial charge is 0.381 e. The van der Waals surface area contributed by atoms with E-state index in [1.54, 1.807) is 0 Å². The lowest BCUT2D eigenvalue weighted by Crippen LogP contribution is -2.57. The average Bonchev–Trinajstić information content (AvgIpc) is 2.48. The van der Waals surface area contributed by atoms with Crippen LogP contribution in [0, 0.1) is 5.92 Å². The molecule has 1 aliphatic heterocycles. The first-order valence-electron chi connectivity index (χ1n) is 6.06. The van der Waals surface area contributed by atoms with Crippen molar-refractivity contribution < 1.29 is 9.53 Å². The zero-order valence-electron chi connectivity index (χ0n) is 11.5. The third-order valence-corrected chi connectivity index (χ3v) is 2.84. The summed E-state index contributed by atoms with van der Waals surface area (Å²) in [6, 6.07) is 0. The summed E-state index contributed by atoms with van der Waals surface area (Å²) in [6.07, 6.45) is 0.863. The molecular weight excluding hydrogens is 202 g/mol. The molecule has 0 saturated carbocycles. The zero-order chi connectivity index (χ0) is 12.6. The zero-order valence-corrected chi connectivity index (χ0v) is 11.5. The van der Waals surface area contributed by atoms with Crippen molar-refractivity contribution in [2.24, 2.45) is 5.92 Å². The van der Waals surface area contributed by atoms with Crippen molar-refractivity contribution in [3.8, 4) is 0 Å². The van der Waals surface area contributed by atoms with Crippen molar-refractivity contribution in [3.63, 3.8) is 0 Å². The van der Waals surface area contributed by atoms with Gasteiger partial charge in [-0.1, -0.05) is 0 Å². The van der Waals surface area contributed by atoms with Gasteiger partial charge in [-0.25, -0.2) is 0 Å². The number of nitrogens with zero attached hydrogens (tertiary/aromatic N) is 1. The molecule has 16 heavy (non-hydrogen) atoms. The Morgan fingerprint density at radius 3 is 1.94 bits per heavy atom. The Kier molecular flexibility index (Phi) is 3.68. The third-order valence-electron chi connectivity index (χ3n) is 2.84. The minimum atomic E-state index is -0.141. The first-order valence-corrected chi connectivity index (χ1v) is 6.06. The van der Waals surface area contributed by atoms with E-state index in [-0.39, 0.29) is 22.9 Å². The van der Waals surface area contributed by atoms with Gasteiger partial charge in [0, 0.05) is 17.7 Å². The lowest BCUT2D eigenvalue weighted by atomic mass is 9.92. The van der Waals surface area contributed by atoms with Gasteiger partial charge in [-0.15, -0.1) is 0 Å². The molecule has 1 fully saturated rings. The molecular formula is C13H25NO2. The smallest absolute Gasteiger partial charge is 0.228 e. The van der Waals surface area contributed by atoms with E-state index in [0.29, 0.717) is 6.61 Å². The van der Waals surface area contributed by atoms with Crippen LogP contribution in [-0.2, 0) is 9.53 Å². The summed E-state index contributed by atoms with van der Waals surface area (Å²) in [5, 5.41) is 0. The van der Waals surface area contributed by atoms with Crippen molar-refractivity contribution in [2.75, 3.05) is 13.2 Å². The predicted molar refractivity (Wildman–Crippen MR) is 65.3 cm³/mol. The summed E-state index contributed by atoms with van der Waals surface area (Å²) in [7, 11) is 0. The fourth-order valence-corrected chi connectivity index (χ4v) is 2.58. The van der Waals surface area contributed by atoms with E-state index < -0.39 is 0 Å². The van der Waals surface area contributed by atoms with Crippen molar-refractivity contribution in [1.82, 2.24) is 4.90 Å². The van der Waals surface area contributed by atoms with Crippen LogP contribution in [0.2, 0.25) is 0 Å². The molecule has 3 nitrogen and oxygen atoms in total. The van der Waals surface area contributed by atoms with Gasteiger partial charge in [0.25, 0.3) is 0 Å². The molecule has 0 radical (unpaired) electrons. The molecule has 3 heteroatoms. The molecule has 1 amide bonds. The summed E-state index contributed by atoms with van der Waals surface area (Å²) in [5.74, 6) is 0.288. The first-order chi connectivity index (χ1) is 7.14. The Bertz CT molecular complexity index is 240. The maximum Gasteiger partial charge on any atom is 0.228 e. The van der Waals surface area contributed by atoms with Gasteiger partial charge in [-0.2, -0.15) is 0 Å². The Balaban J connectivity index is 2.89. The molecule has 0 aliphatic carbocycles. The second-order valence-electron chi connectivity index (χ2n) is 6.58. The third kappa shape index (κ3) is 2.97. The van der Waals surface area contributed by atoms with Crippen LogP contribution in [0.15, 0.2) is 0 Å². The molecule has 94 valence electrons. The topological polar surface area (TPSA) is 29.5 Å². The maximum absolute atomic E-state index is 12.5. The molecule has 1 saturated heterocycles. The van der Waals surface area contributed by atoms with Crippen LogP contribution < -0.4 is 0 Å². The fourth-order valence-electron chi connectivity index (χ4n) is 2.58. The number of ether oxygens (including phenoxy) is 1. The predicted octanol–water partition coefficient (Wildman–Crippen LogP) is 2.45. The van der Waals surface area contributed by atoms with E-state index in [0.717, 1.165) is 13.0 Å². The highest BCUT2D eigenvalue weighted by Gasteiger charge is 2.39. The number of hydrogen-bond acceptors (Lipinski definition) is 2. The van der Waals surface area contributed by atoms with Crippen molar-refractivity contribution >= 4 is 5.91 Å². The minimum absolute atomic E-state index is 0.0541. The van der Waals surface area contributed by atoms with E-state index in [4.69, 9.17) is 4.74 Å². The Morgan fingerprint density at radius 1 is 1.12 bits per heavy atom. The fraction of sp³-hybridized carbons (Fsp3) is 0.923. The van der Waals surface area contributed by atoms with Gasteiger partial charge in [0.1, 0.15) is 0 Å². The van der Waals surface area contributed by atoms with Crippen LogP contribution in [0.25, 0.3) is 0 Å². The van der Waals surface area contributed by atoms with Crippen LogP contribution in [0.1, 0.15) is 48.0 Å². The van der Waals surface area contributed by atoms with Gasteiger partial charge in [0.2, 0.25) is 5.91 Å². The molecule has 0 spiro atoms. The second-order valence-corrected chi connectivity index (χ2v) is 6.58. The van der Waals surface area contributed by atoms with E-state index in [2.05, 4.69) is 41.5 Å². The van der Waals surface area contributed by atoms with Crippen LogP contribution in [0.4, 0.5) is 0 Å². The van der Waals surface area contributed by atoms with E-state index in [1.807, 2.05) is 4.90 Å². The summed E-state index contributed by atoms with van der Waals surface area (Å²) in [6.45, 7) is 13.8. The molecule has 0 aromatic rings. The monoisotopic (exact) mass is 227 g/mol. The van der Waals surface area contributed by atoms with Gasteiger partial charge in [0.05, 0.1) is 12.5 Å². The van der Waals surface area contributed by atoms with Gasteiger partial charge >= 0.3 is 0 Å². The lowest BCUT2D eigenvalue weighted by Gasteiger charge is -2.46. The van der Waals surface area contributed by atoms with Crippen LogP contribution in [-0.4, -0.2) is 35.1 Å². The molecule has 1 aliphatic rings. The Labute approximate surface area is 99.1 Å². The standard InChI is InChI=1S/C13H25NO2/c1-12(2,3)14(13(4,5)6)11(15)10-7-8-16-9-10/h10H,7-9H2,1-6H3. The minimum Gasteiger partial charge on any atom is -0.381 e. The number of carbonyl (C=O) groups excluding carboxylic acids is 1. The summed E-state index contributed by atoms with van der Waals surface area (Å²) in [5.41, 5.74) is -0.282. The van der Waals surface area contributed by atoms with Crippen molar-refractivity contribution in [2.45, 2.75) is 59.0 Å². The highest BCUT2D eigenvalue weighted by molar-refractivity contribution is 5.80. The Morgan fingerprint density at radius 2 is 1.62 bits per heavy atom. The molecule has 1 rings (SSSR count). The quantitative estimate of drug-likeness (QED) is 0.688. The summed E-state index contributed by atoms with van der Waals surface area (Å²) >= 11 is 0. The van der Waals surface area contributed by atoms with Gasteiger partial charge in [-0.3, -0.25) is 4.79 Å². The number of carbonyl (C=O) groups is 1. The second kappa shape index (κ2) is 4.36. The van der Waals surface area contributed by atoms with Gasteiger partial charge in [0.15, 0.2) is 0 Å². The van der Waals surface area contributed by atoms with E-state index in [1.165, 1.54) is 0 Å². The summed E-state index contributed by atoms with van der Waals surface area (Å²) < 4.78 is 5.31. The Hall–Kier alpha value is -0.570. The van der Waals surface area contributed by atoms with Gasteiger partial charge in [-0.05, 0) is 48.0 Å². The lowest BCUT2D eigenvalue weighted by molar-refractivity contribution is -0.147. The molecule has 0 bridgehead atoms. The SMILES string of the molecule is CC(C)(C)N(C(=O)C1CCOC1)C(C)(C)C. The van der Waals surface area contributed by atoms with Crippen LogP contribution >= 0.6 is 0 Å². The van der Waals surface area contributed by atoms with Crippen molar-refractivity contribution in [1.29, 1.82) is 0 Å². The molecule has 0 aromatic carbocycles. The molecule has 0 aromatic heterocycles. The van der Waals surface area contributed by atoms with E-state index >= 15 is 0 Å². The first kappa shape index (κ1) is 13.5. The molecule has 0 N–H and O–H groups in total. The van der Waals surface area contributed by atoms with Crippen molar-refractivity contribution in [3.05, 3.63) is 0 Å². The van der Waals surface area contributed by atoms with Crippen LogP contribution in [0.3, 0.4) is 0 Å². The molecule has 1 unspecified atom stereocenters. The molecule has 1 atom stereocenters. The number of rotatable bonds is 1. The molecule has 1 heterocycles. The highest BCUT2D eigenvalue weighted by atomic mass is 16.5. The average molecular weight is 227 g/mol. The maximum atomic E-state index is 12.5. The van der Waals surface area contributed by atoms with Crippen LogP contribution in [0.5, 0.6) is 0 Å². The van der Waals surface area contributed by atoms with E-state index in [9.17, 15) is 4.79 Å².